The van der Waals surface area contributed by atoms with Gasteiger partial charge in [0.05, 0.1) is 24.3 Å². The summed E-state index contributed by atoms with van der Waals surface area (Å²) in [5, 5.41) is 0.177. The van der Waals surface area contributed by atoms with Gasteiger partial charge < -0.3 is 9.30 Å². The fraction of sp³-hybridized carbons (Fsp3) is 0.833. The first-order chi connectivity index (χ1) is 12.5. The lowest BCUT2D eigenvalue weighted by Gasteiger charge is -2.38. The molecule has 1 saturated heterocycles. The van der Waals surface area contributed by atoms with E-state index >= 15 is 0 Å². The van der Waals surface area contributed by atoms with Crippen molar-refractivity contribution in [1.29, 1.82) is 0 Å². The molecule has 148 valence electrons. The van der Waals surface area contributed by atoms with Crippen molar-refractivity contribution < 1.29 is 13.2 Å². The minimum atomic E-state index is -3.33. The van der Waals surface area contributed by atoms with Crippen LogP contribution in [0.4, 0.5) is 0 Å². The van der Waals surface area contributed by atoms with Gasteiger partial charge >= 0.3 is 0 Å². The van der Waals surface area contributed by atoms with Crippen LogP contribution in [0.25, 0.3) is 0 Å². The lowest BCUT2D eigenvalue weighted by Crippen LogP contribution is -2.49. The monoisotopic (exact) mass is 384 g/mol. The Morgan fingerprint density at radius 2 is 1.88 bits per heavy atom. The molecule has 7 nitrogen and oxygen atoms in total. The fourth-order valence-corrected chi connectivity index (χ4v) is 5.12. The van der Waals surface area contributed by atoms with Crippen LogP contribution in [0.5, 0.6) is 0 Å². The van der Waals surface area contributed by atoms with Gasteiger partial charge in [-0.15, -0.1) is 0 Å². The van der Waals surface area contributed by atoms with Crippen LogP contribution in [0.1, 0.15) is 38.3 Å². The van der Waals surface area contributed by atoms with E-state index in [9.17, 15) is 8.42 Å². The molecular weight excluding hydrogens is 352 g/mol. The Morgan fingerprint density at radius 3 is 2.50 bits per heavy atom. The van der Waals surface area contributed by atoms with E-state index in [1.54, 1.807) is 20.2 Å². The van der Waals surface area contributed by atoms with Crippen LogP contribution in [0.15, 0.2) is 11.4 Å². The minimum absolute atomic E-state index is 0.0660. The Bertz CT molecular complexity index is 675. The zero-order valence-electron chi connectivity index (χ0n) is 16.1. The van der Waals surface area contributed by atoms with Crippen molar-refractivity contribution in [3.63, 3.8) is 0 Å². The maximum atomic E-state index is 12.3. The third-order valence-corrected chi connectivity index (χ3v) is 7.35. The van der Waals surface area contributed by atoms with E-state index in [2.05, 4.69) is 14.8 Å². The Balaban J connectivity index is 1.66. The van der Waals surface area contributed by atoms with Gasteiger partial charge in [-0.3, -0.25) is 9.80 Å². The third-order valence-electron chi connectivity index (χ3n) is 5.71. The van der Waals surface area contributed by atoms with E-state index < -0.39 is 9.84 Å². The quantitative estimate of drug-likeness (QED) is 0.675. The molecule has 1 aliphatic heterocycles. The van der Waals surface area contributed by atoms with Crippen LogP contribution in [-0.2, 0) is 27.7 Å². The number of piperazine rings is 1. The molecule has 1 aromatic heterocycles. The molecule has 0 N–H and O–H groups in total. The molecule has 0 spiro atoms. The van der Waals surface area contributed by atoms with Gasteiger partial charge in [0.25, 0.3) is 0 Å². The lowest BCUT2D eigenvalue weighted by molar-refractivity contribution is 0.0916. The van der Waals surface area contributed by atoms with E-state index in [4.69, 9.17) is 4.74 Å². The molecular formula is C18H32N4O3S. The van der Waals surface area contributed by atoms with Gasteiger partial charge in [0.15, 0.2) is 0 Å². The highest BCUT2D eigenvalue weighted by Crippen LogP contribution is 2.24. The maximum Gasteiger partial charge on any atom is 0.227 e. The molecule has 1 aromatic rings. The molecule has 0 atom stereocenters. The molecule has 0 amide bonds. The van der Waals surface area contributed by atoms with Crippen LogP contribution in [-0.4, -0.2) is 79.5 Å². The summed E-state index contributed by atoms with van der Waals surface area (Å²) in [6, 6.07) is 0.783. The number of ether oxygens (including phenoxy) is 1. The number of sulfone groups is 1. The second-order valence-corrected chi connectivity index (χ2v) is 9.50. The molecule has 0 bridgehead atoms. The van der Waals surface area contributed by atoms with Crippen molar-refractivity contribution in [2.75, 3.05) is 45.6 Å². The molecule has 26 heavy (non-hydrogen) atoms. The van der Waals surface area contributed by atoms with Crippen molar-refractivity contribution >= 4 is 9.84 Å². The number of rotatable bonds is 8. The topological polar surface area (TPSA) is 67.7 Å². The van der Waals surface area contributed by atoms with E-state index in [0.717, 1.165) is 44.5 Å². The number of aromatic nitrogens is 2. The number of hydrogen-bond donors (Lipinski definition) is 0. The number of hydrogen-bond acceptors (Lipinski definition) is 6. The molecule has 0 unspecified atom stereocenters. The first-order valence-corrected chi connectivity index (χ1v) is 11.4. The largest absolute Gasteiger partial charge is 0.383 e. The van der Waals surface area contributed by atoms with Crippen LogP contribution in [0.2, 0.25) is 0 Å². The van der Waals surface area contributed by atoms with Gasteiger partial charge in [-0.05, 0) is 12.8 Å². The zero-order valence-corrected chi connectivity index (χ0v) is 16.9. The number of imidazole rings is 1. The van der Waals surface area contributed by atoms with Gasteiger partial charge in [0.2, 0.25) is 15.0 Å². The highest BCUT2D eigenvalue weighted by molar-refractivity contribution is 7.91. The van der Waals surface area contributed by atoms with Crippen LogP contribution >= 0.6 is 0 Å². The summed E-state index contributed by atoms with van der Waals surface area (Å²) in [5.41, 5.74) is 0.961. The number of nitrogens with zero attached hydrogens (tertiary/aromatic N) is 4. The van der Waals surface area contributed by atoms with Crippen molar-refractivity contribution in [2.24, 2.45) is 0 Å². The Morgan fingerprint density at radius 1 is 1.19 bits per heavy atom. The van der Waals surface area contributed by atoms with Gasteiger partial charge in [0.1, 0.15) is 0 Å². The molecule has 0 aromatic carbocycles. The predicted molar refractivity (Wildman–Crippen MR) is 101 cm³/mol. The zero-order chi connectivity index (χ0) is 18.6. The second kappa shape index (κ2) is 8.82. The first-order valence-electron chi connectivity index (χ1n) is 9.77. The van der Waals surface area contributed by atoms with Crippen molar-refractivity contribution in [2.45, 2.75) is 56.9 Å². The summed E-state index contributed by atoms with van der Waals surface area (Å²) in [5.74, 6) is 0.0660. The molecule has 0 radical (unpaired) electrons. The first kappa shape index (κ1) is 19.8. The Kier molecular flexibility index (Phi) is 6.71. The summed E-state index contributed by atoms with van der Waals surface area (Å²) >= 11 is 0. The van der Waals surface area contributed by atoms with Gasteiger partial charge in [-0.2, -0.15) is 0 Å². The third kappa shape index (κ3) is 4.47. The van der Waals surface area contributed by atoms with Crippen molar-refractivity contribution in [3.8, 4) is 0 Å². The predicted octanol–water partition coefficient (Wildman–Crippen LogP) is 1.38. The normalized spacial score (nSPS) is 20.8. The fourth-order valence-electron chi connectivity index (χ4n) is 4.10. The highest BCUT2D eigenvalue weighted by Gasteiger charge is 2.27. The summed E-state index contributed by atoms with van der Waals surface area (Å²) < 4.78 is 31.7. The molecule has 3 rings (SSSR count). The highest BCUT2D eigenvalue weighted by atomic mass is 32.2. The Labute approximate surface area is 157 Å². The molecule has 2 aliphatic rings. The standard InChI is InChI=1S/C18H32N4O3S/c1-3-26(23,24)18-19-14-17(22(18)12-13-25-2)15-20-8-10-21(11-9-20)16-6-4-5-7-16/h14,16H,3-13,15H2,1-2H3. The van der Waals surface area contributed by atoms with Crippen molar-refractivity contribution in [3.05, 3.63) is 11.9 Å². The summed E-state index contributed by atoms with van der Waals surface area (Å²) in [6.45, 7) is 7.67. The maximum absolute atomic E-state index is 12.3. The Hall–Kier alpha value is -0.960. The summed E-state index contributed by atoms with van der Waals surface area (Å²) in [6.07, 6.45) is 7.17. The van der Waals surface area contributed by atoms with Crippen molar-refractivity contribution in [1.82, 2.24) is 19.4 Å². The average Bonchev–Trinajstić information content (AvgIpc) is 3.31. The molecule has 2 fully saturated rings. The van der Waals surface area contributed by atoms with Crippen LogP contribution < -0.4 is 0 Å². The SMILES string of the molecule is CCS(=O)(=O)c1ncc(CN2CCN(C3CCCC3)CC2)n1CCOC. The summed E-state index contributed by atoms with van der Waals surface area (Å²) in [4.78, 5) is 9.29. The van der Waals surface area contributed by atoms with E-state index in [1.165, 1.54) is 25.7 Å². The average molecular weight is 385 g/mol. The minimum Gasteiger partial charge on any atom is -0.383 e. The van der Waals surface area contributed by atoms with Gasteiger partial charge in [-0.25, -0.2) is 13.4 Å². The molecule has 1 aliphatic carbocycles. The molecule has 2 heterocycles. The van der Waals surface area contributed by atoms with Crippen LogP contribution in [0, 0.1) is 0 Å². The van der Waals surface area contributed by atoms with E-state index in [-0.39, 0.29) is 10.9 Å². The number of methoxy groups -OCH3 is 1. The van der Waals surface area contributed by atoms with E-state index in [0.29, 0.717) is 13.2 Å². The molecule has 8 heteroatoms. The van der Waals surface area contributed by atoms with E-state index in [1.807, 2.05) is 4.57 Å². The van der Waals surface area contributed by atoms with Crippen LogP contribution in [0.3, 0.4) is 0 Å². The second-order valence-electron chi connectivity index (χ2n) is 7.33. The smallest absolute Gasteiger partial charge is 0.227 e. The summed E-state index contributed by atoms with van der Waals surface area (Å²) in [7, 11) is -1.70. The van der Waals surface area contributed by atoms with Gasteiger partial charge in [-0.1, -0.05) is 19.8 Å². The van der Waals surface area contributed by atoms with Gasteiger partial charge in [0, 0.05) is 52.4 Å². The molecule has 1 saturated carbocycles. The lowest BCUT2D eigenvalue weighted by atomic mass is 10.2.